The predicted octanol–water partition coefficient (Wildman–Crippen LogP) is 3.38. The van der Waals surface area contributed by atoms with Gasteiger partial charge in [0.15, 0.2) is 5.78 Å². The van der Waals surface area contributed by atoms with Crippen LogP contribution in [-0.2, 0) is 6.18 Å². The second-order valence-electron chi connectivity index (χ2n) is 3.04. The summed E-state index contributed by atoms with van der Waals surface area (Å²) in [5.41, 5.74) is -1.86. The lowest BCUT2D eigenvalue weighted by atomic mass is 9.98. The fourth-order valence-corrected chi connectivity index (χ4v) is 1.92. The third-order valence-corrected chi connectivity index (χ3v) is 2.50. The van der Waals surface area contributed by atoms with Gasteiger partial charge in [0.1, 0.15) is 0 Å². The van der Waals surface area contributed by atoms with Crippen LogP contribution in [0.15, 0.2) is 12.1 Å². The molecule has 1 aromatic carbocycles. The molecule has 1 aromatic rings. The van der Waals surface area contributed by atoms with Gasteiger partial charge in [-0.25, -0.2) is 0 Å². The monoisotopic (exact) mass is 339 g/mol. The van der Waals surface area contributed by atoms with Crippen LogP contribution in [0, 0.1) is 14.9 Å². The highest BCUT2D eigenvalue weighted by Gasteiger charge is 2.36. The van der Waals surface area contributed by atoms with Gasteiger partial charge in [-0.1, -0.05) is 0 Å². The summed E-state index contributed by atoms with van der Waals surface area (Å²) in [6.07, 6.45) is -4.63. The molecule has 0 aliphatic heterocycles. The number of ketones is 1. The number of hydrogen-bond acceptors (Lipinski definition) is 2. The summed E-state index contributed by atoms with van der Waals surface area (Å²) in [7, 11) is 0. The quantitative estimate of drug-likeness (QED) is 0.581. The van der Waals surface area contributed by atoms with E-state index < -0.39 is 23.1 Å². The average molecular weight is 339 g/mol. The minimum absolute atomic E-state index is 0.244. The maximum absolute atomic E-state index is 12.6. The van der Waals surface area contributed by atoms with E-state index in [1.807, 2.05) is 0 Å². The van der Waals surface area contributed by atoms with Crippen LogP contribution >= 0.6 is 22.6 Å². The van der Waals surface area contributed by atoms with E-state index in [4.69, 9.17) is 5.26 Å². The Morgan fingerprint density at radius 1 is 1.44 bits per heavy atom. The van der Waals surface area contributed by atoms with Crippen molar-refractivity contribution in [3.05, 3.63) is 32.4 Å². The van der Waals surface area contributed by atoms with E-state index in [1.54, 1.807) is 28.7 Å². The topological polar surface area (TPSA) is 40.9 Å². The van der Waals surface area contributed by atoms with Gasteiger partial charge in [-0.15, -0.1) is 0 Å². The molecule has 6 heteroatoms. The largest absolute Gasteiger partial charge is 0.417 e. The van der Waals surface area contributed by atoms with Crippen molar-refractivity contribution in [3.63, 3.8) is 0 Å². The smallest absolute Gasteiger partial charge is 0.294 e. The van der Waals surface area contributed by atoms with Crippen LogP contribution in [0.3, 0.4) is 0 Å². The molecule has 0 atom stereocenters. The number of carbonyl (C=O) groups excluding carboxylic acids is 1. The van der Waals surface area contributed by atoms with E-state index >= 15 is 0 Å². The Morgan fingerprint density at radius 2 is 2.00 bits per heavy atom. The minimum Gasteiger partial charge on any atom is -0.294 e. The number of Topliss-reactive ketones (excluding diaryl/α,β-unsaturated/α-hetero) is 1. The van der Waals surface area contributed by atoms with E-state index in [9.17, 15) is 18.0 Å². The molecule has 0 heterocycles. The minimum atomic E-state index is -4.63. The summed E-state index contributed by atoms with van der Waals surface area (Å²) < 4.78 is 38.2. The van der Waals surface area contributed by atoms with Crippen molar-refractivity contribution in [3.8, 4) is 6.07 Å². The second kappa shape index (κ2) is 4.41. The molecule has 2 nitrogen and oxygen atoms in total. The molecule has 0 unspecified atom stereocenters. The summed E-state index contributed by atoms with van der Waals surface area (Å²) in [6.45, 7) is 1.01. The van der Waals surface area contributed by atoms with Crippen LogP contribution in [0.4, 0.5) is 13.2 Å². The molecule has 0 aliphatic carbocycles. The molecule has 0 saturated heterocycles. The first-order valence-corrected chi connectivity index (χ1v) is 5.17. The Balaban J connectivity index is 3.66. The van der Waals surface area contributed by atoms with Gasteiger partial charge in [0.25, 0.3) is 0 Å². The van der Waals surface area contributed by atoms with Gasteiger partial charge in [-0.05, 0) is 41.6 Å². The highest BCUT2D eigenvalue weighted by molar-refractivity contribution is 14.1. The van der Waals surface area contributed by atoms with Gasteiger partial charge in [0, 0.05) is 9.13 Å². The van der Waals surface area contributed by atoms with Crippen LogP contribution < -0.4 is 0 Å². The van der Waals surface area contributed by atoms with E-state index in [-0.39, 0.29) is 9.13 Å². The molecule has 0 amide bonds. The Bertz CT molecular complexity index is 488. The van der Waals surface area contributed by atoms with Gasteiger partial charge in [-0.3, -0.25) is 4.79 Å². The van der Waals surface area contributed by atoms with Crippen molar-refractivity contribution in [1.29, 1.82) is 5.26 Å². The Morgan fingerprint density at radius 3 is 2.38 bits per heavy atom. The Hall–Kier alpha value is -1.10. The Labute approximate surface area is 103 Å². The maximum atomic E-state index is 12.6. The van der Waals surface area contributed by atoms with E-state index in [0.717, 1.165) is 13.0 Å². The Kier molecular flexibility index (Phi) is 3.57. The normalized spacial score (nSPS) is 11.0. The van der Waals surface area contributed by atoms with Crippen LogP contribution in [0.25, 0.3) is 0 Å². The van der Waals surface area contributed by atoms with Crippen LogP contribution in [0.2, 0.25) is 0 Å². The highest BCUT2D eigenvalue weighted by Crippen LogP contribution is 2.34. The van der Waals surface area contributed by atoms with Crippen LogP contribution in [-0.4, -0.2) is 5.78 Å². The van der Waals surface area contributed by atoms with Crippen molar-refractivity contribution < 1.29 is 18.0 Å². The zero-order valence-electron chi connectivity index (χ0n) is 8.02. The zero-order valence-corrected chi connectivity index (χ0v) is 10.2. The van der Waals surface area contributed by atoms with Crippen molar-refractivity contribution in [2.24, 2.45) is 0 Å². The molecule has 84 valence electrons. The number of rotatable bonds is 1. The van der Waals surface area contributed by atoms with Crippen molar-refractivity contribution in [2.45, 2.75) is 13.1 Å². The van der Waals surface area contributed by atoms with Gasteiger partial charge in [-0.2, -0.15) is 18.4 Å². The van der Waals surface area contributed by atoms with E-state index in [0.29, 0.717) is 0 Å². The number of nitrogens with zero attached hydrogens (tertiary/aromatic N) is 1. The highest BCUT2D eigenvalue weighted by atomic mass is 127. The molecule has 0 N–H and O–H groups in total. The summed E-state index contributed by atoms with van der Waals surface area (Å²) >= 11 is 1.67. The van der Waals surface area contributed by atoms with Crippen LogP contribution in [0.1, 0.15) is 28.4 Å². The first-order valence-electron chi connectivity index (χ1n) is 4.09. The molecule has 0 aromatic heterocycles. The molecule has 0 fully saturated rings. The standard InChI is InChI=1S/C10H5F3INO/c1-5(16)9-6(4-15)2-7(14)3-8(9)10(11,12)13/h2-3H,1H3. The molecule has 16 heavy (non-hydrogen) atoms. The average Bonchev–Trinajstić information content (AvgIpc) is 2.14. The first kappa shape index (κ1) is 13.0. The number of nitriles is 1. The fraction of sp³-hybridized carbons (Fsp3) is 0.200. The first-order chi connectivity index (χ1) is 7.27. The van der Waals surface area contributed by atoms with Crippen LogP contribution in [0.5, 0.6) is 0 Å². The fourth-order valence-electron chi connectivity index (χ4n) is 1.30. The van der Waals surface area contributed by atoms with Gasteiger partial charge < -0.3 is 0 Å². The summed E-state index contributed by atoms with van der Waals surface area (Å²) in [4.78, 5) is 11.2. The molecular formula is C10H5F3INO. The third-order valence-electron chi connectivity index (χ3n) is 1.88. The lowest BCUT2D eigenvalue weighted by Gasteiger charge is -2.12. The summed E-state index contributed by atoms with van der Waals surface area (Å²) in [5.74, 6) is -0.764. The zero-order chi connectivity index (χ0) is 12.5. The SMILES string of the molecule is CC(=O)c1c(C#N)cc(I)cc1C(F)(F)F. The summed E-state index contributed by atoms with van der Waals surface area (Å²) in [6, 6.07) is 3.72. The molecule has 0 aliphatic rings. The van der Waals surface area contributed by atoms with E-state index in [2.05, 4.69) is 0 Å². The molecule has 0 bridgehead atoms. The van der Waals surface area contributed by atoms with E-state index in [1.165, 1.54) is 6.07 Å². The maximum Gasteiger partial charge on any atom is 0.417 e. The number of alkyl halides is 3. The molecule has 0 radical (unpaired) electrons. The lowest BCUT2D eigenvalue weighted by molar-refractivity contribution is -0.138. The van der Waals surface area contributed by atoms with Crippen molar-refractivity contribution >= 4 is 28.4 Å². The molecular weight excluding hydrogens is 334 g/mol. The third kappa shape index (κ3) is 2.52. The number of hydrogen-bond donors (Lipinski definition) is 0. The molecule has 0 spiro atoms. The summed E-state index contributed by atoms with van der Waals surface area (Å²) in [5, 5.41) is 8.71. The lowest BCUT2D eigenvalue weighted by Crippen LogP contribution is -2.14. The van der Waals surface area contributed by atoms with Crippen molar-refractivity contribution in [2.75, 3.05) is 0 Å². The molecule has 0 saturated carbocycles. The molecule has 1 rings (SSSR count). The van der Waals surface area contributed by atoms with Gasteiger partial charge >= 0.3 is 6.18 Å². The predicted molar refractivity (Wildman–Crippen MR) is 58.9 cm³/mol. The van der Waals surface area contributed by atoms with Gasteiger partial charge in [0.05, 0.1) is 17.2 Å². The van der Waals surface area contributed by atoms with Gasteiger partial charge in [0.2, 0.25) is 0 Å². The second-order valence-corrected chi connectivity index (χ2v) is 4.29. The number of halogens is 4. The number of carbonyl (C=O) groups is 1. The number of benzene rings is 1. The van der Waals surface area contributed by atoms with Crippen molar-refractivity contribution in [1.82, 2.24) is 0 Å².